The van der Waals surface area contributed by atoms with Crippen LogP contribution in [0, 0.1) is 0 Å². The third-order valence-corrected chi connectivity index (χ3v) is 6.02. The van der Waals surface area contributed by atoms with E-state index >= 15 is 0 Å². The molecule has 0 amide bonds. The van der Waals surface area contributed by atoms with Crippen LogP contribution in [0.4, 0.5) is 11.4 Å². The minimum atomic E-state index is -0.567. The quantitative estimate of drug-likeness (QED) is 0.183. The molecule has 206 valence electrons. The molecule has 0 aromatic heterocycles. The van der Waals surface area contributed by atoms with Gasteiger partial charge in [-0.2, -0.15) is 0 Å². The summed E-state index contributed by atoms with van der Waals surface area (Å²) in [5.74, 6) is -0.339. The molecule has 0 aliphatic carbocycles. The van der Waals surface area contributed by atoms with E-state index in [0.29, 0.717) is 31.9 Å². The normalized spacial score (nSPS) is 10.9. The lowest BCUT2D eigenvalue weighted by atomic mass is 10.0. The van der Waals surface area contributed by atoms with Crippen LogP contribution in [0.15, 0.2) is 65.6 Å². The number of nitrogens with zero attached hydrogens (tertiary/aromatic N) is 1. The second-order valence-corrected chi connectivity index (χ2v) is 10.4. The zero-order valence-corrected chi connectivity index (χ0v) is 25.3. The first-order valence-corrected chi connectivity index (χ1v) is 13.7. The lowest BCUT2D eigenvalue weighted by molar-refractivity contribution is 0.00718. The number of benzene rings is 3. The maximum atomic E-state index is 12.8. The molecule has 3 aromatic rings. The number of carbonyl (C=O) groups is 1. The second kappa shape index (κ2) is 14.9. The molecule has 0 fully saturated rings. The average Bonchev–Trinajstić information content (AvgIpc) is 2.88. The highest BCUT2D eigenvalue weighted by atomic mass is 79.9. The van der Waals surface area contributed by atoms with Crippen LogP contribution in [0.5, 0.6) is 0 Å². The Morgan fingerprint density at radius 3 is 2.29 bits per heavy atom. The first kappa shape index (κ1) is 31.3. The van der Waals surface area contributed by atoms with Crippen molar-refractivity contribution in [2.24, 2.45) is 0 Å². The zero-order valence-electron chi connectivity index (χ0n) is 23.7. The summed E-state index contributed by atoms with van der Waals surface area (Å²) >= 11 is 3.59. The van der Waals surface area contributed by atoms with Crippen molar-refractivity contribution < 1.29 is 19.0 Å². The Kier molecular flexibility index (Phi) is 12.3. The van der Waals surface area contributed by atoms with Crippen LogP contribution >= 0.6 is 15.9 Å². The summed E-state index contributed by atoms with van der Waals surface area (Å²) < 4.78 is 17.3. The van der Waals surface area contributed by atoms with Crippen molar-refractivity contribution in [2.45, 2.75) is 40.2 Å². The van der Waals surface area contributed by atoms with Crippen LogP contribution in [0.2, 0.25) is 0 Å². The summed E-state index contributed by atoms with van der Waals surface area (Å²) in [6, 6.07) is 17.6. The molecule has 3 aromatic carbocycles. The molecular weight excluding hydrogens is 544 g/mol. The van der Waals surface area contributed by atoms with Gasteiger partial charge in [-0.05, 0) is 56.5 Å². The van der Waals surface area contributed by atoms with Crippen LogP contribution in [0.3, 0.4) is 0 Å². The Balaban J connectivity index is 0.00000247. The van der Waals surface area contributed by atoms with Gasteiger partial charge in [0.1, 0.15) is 5.60 Å². The molecule has 1 N–H and O–H groups in total. The highest BCUT2D eigenvalue weighted by Gasteiger charge is 2.21. The fourth-order valence-corrected chi connectivity index (χ4v) is 4.14. The van der Waals surface area contributed by atoms with Gasteiger partial charge in [-0.1, -0.05) is 60.6 Å². The van der Waals surface area contributed by atoms with Crippen LogP contribution in [-0.4, -0.2) is 52.1 Å². The predicted octanol–water partition coefficient (Wildman–Crippen LogP) is 7.77. The van der Waals surface area contributed by atoms with Crippen LogP contribution < -0.4 is 10.2 Å². The summed E-state index contributed by atoms with van der Waals surface area (Å²) in [6.45, 7) is 16.4. The number of methoxy groups -OCH3 is 1. The molecule has 0 saturated carbocycles. The van der Waals surface area contributed by atoms with Crippen molar-refractivity contribution in [1.29, 1.82) is 0 Å². The Morgan fingerprint density at radius 1 is 0.974 bits per heavy atom. The van der Waals surface area contributed by atoms with Crippen molar-refractivity contribution >= 4 is 49.7 Å². The van der Waals surface area contributed by atoms with Crippen molar-refractivity contribution in [3.63, 3.8) is 0 Å². The number of carbonyl (C=O) groups excluding carboxylic acids is 1. The zero-order chi connectivity index (χ0) is 28.3. The SMILES string of the molecule is C=C(Nc1ccc(C(=O)OC(C)(C)C)c2ccccc12)c1ccc(Br)cc1N(C)CCOCCOC.CC. The molecule has 0 radical (unpaired) electrons. The van der Waals surface area contributed by atoms with E-state index in [0.717, 1.165) is 37.9 Å². The third kappa shape index (κ3) is 8.86. The molecule has 0 heterocycles. The number of anilines is 2. The standard InChI is InChI=1S/C29H35BrN2O4.C2H6/c1-20(22-12-11-21(30)19-27(22)32(5)15-16-35-18-17-34-6)31-26-14-13-25(28(33)36-29(2,3)4)23-9-7-8-10-24(23)26;1-2/h7-14,19,31H,1,15-18H2,2-6H3;1-2H3. The van der Waals surface area contributed by atoms with Crippen molar-refractivity contribution in [2.75, 3.05) is 50.7 Å². The molecule has 38 heavy (non-hydrogen) atoms. The van der Waals surface area contributed by atoms with E-state index in [2.05, 4.69) is 38.8 Å². The summed E-state index contributed by atoms with van der Waals surface area (Å²) in [7, 11) is 3.69. The van der Waals surface area contributed by atoms with E-state index < -0.39 is 5.60 Å². The van der Waals surface area contributed by atoms with E-state index in [1.807, 2.05) is 84.1 Å². The molecule has 0 bridgehead atoms. The number of halogens is 1. The van der Waals surface area contributed by atoms with Gasteiger partial charge in [-0.15, -0.1) is 0 Å². The molecule has 0 aliphatic heterocycles. The second-order valence-electron chi connectivity index (χ2n) is 9.50. The van der Waals surface area contributed by atoms with E-state index in [-0.39, 0.29) is 5.97 Å². The Bertz CT molecular complexity index is 1220. The largest absolute Gasteiger partial charge is 0.456 e. The maximum Gasteiger partial charge on any atom is 0.339 e. The summed E-state index contributed by atoms with van der Waals surface area (Å²) in [5.41, 5.74) is 3.57. The van der Waals surface area contributed by atoms with Crippen LogP contribution in [0.25, 0.3) is 16.5 Å². The van der Waals surface area contributed by atoms with E-state index in [9.17, 15) is 4.79 Å². The number of esters is 1. The predicted molar refractivity (Wildman–Crippen MR) is 163 cm³/mol. The van der Waals surface area contributed by atoms with Crippen molar-refractivity contribution in [1.82, 2.24) is 0 Å². The molecule has 6 nitrogen and oxygen atoms in total. The third-order valence-electron chi connectivity index (χ3n) is 5.53. The smallest absolute Gasteiger partial charge is 0.339 e. The minimum absolute atomic E-state index is 0.339. The summed E-state index contributed by atoms with van der Waals surface area (Å²) in [5, 5.41) is 5.22. The number of ether oxygens (including phenoxy) is 3. The average molecular weight is 586 g/mol. The molecule has 0 spiro atoms. The fourth-order valence-electron chi connectivity index (χ4n) is 3.79. The van der Waals surface area contributed by atoms with Gasteiger partial charge in [-0.3, -0.25) is 0 Å². The van der Waals surface area contributed by atoms with E-state index in [4.69, 9.17) is 14.2 Å². The topological polar surface area (TPSA) is 60.0 Å². The van der Waals surface area contributed by atoms with Gasteiger partial charge in [0.05, 0.1) is 25.4 Å². The number of rotatable bonds is 11. The Hall–Kier alpha value is -2.87. The van der Waals surface area contributed by atoms with E-state index in [1.54, 1.807) is 13.2 Å². The maximum absolute atomic E-state index is 12.8. The molecule has 0 atom stereocenters. The lowest BCUT2D eigenvalue weighted by Gasteiger charge is -2.24. The van der Waals surface area contributed by atoms with Gasteiger partial charge in [0.2, 0.25) is 0 Å². The number of hydrogen-bond donors (Lipinski definition) is 1. The first-order valence-electron chi connectivity index (χ1n) is 12.9. The van der Waals surface area contributed by atoms with Crippen molar-refractivity contribution in [3.8, 4) is 0 Å². The number of fused-ring (bicyclic) bond motifs is 1. The van der Waals surface area contributed by atoms with E-state index in [1.165, 1.54) is 0 Å². The molecule has 3 rings (SSSR count). The van der Waals surface area contributed by atoms with Gasteiger partial charge in [-0.25, -0.2) is 4.79 Å². The summed E-state index contributed by atoms with van der Waals surface area (Å²) in [4.78, 5) is 15.0. The molecule has 7 heteroatoms. The lowest BCUT2D eigenvalue weighted by Crippen LogP contribution is -2.24. The van der Waals surface area contributed by atoms with Crippen molar-refractivity contribution in [3.05, 3.63) is 76.8 Å². The number of hydrogen-bond acceptors (Lipinski definition) is 6. The molecule has 0 saturated heterocycles. The van der Waals surface area contributed by atoms with Gasteiger partial charge in [0.15, 0.2) is 0 Å². The minimum Gasteiger partial charge on any atom is -0.456 e. The van der Waals surface area contributed by atoms with Crippen LogP contribution in [-0.2, 0) is 14.2 Å². The molecule has 0 unspecified atom stereocenters. The number of likely N-dealkylation sites (N-methyl/N-ethyl adjacent to an activating group) is 1. The Labute approximate surface area is 236 Å². The Morgan fingerprint density at radius 2 is 1.63 bits per heavy atom. The van der Waals surface area contributed by atoms with Gasteiger partial charge >= 0.3 is 5.97 Å². The highest BCUT2D eigenvalue weighted by molar-refractivity contribution is 9.10. The van der Waals surface area contributed by atoms with Crippen LogP contribution in [0.1, 0.15) is 50.5 Å². The summed E-state index contributed by atoms with van der Waals surface area (Å²) in [6.07, 6.45) is 0. The molecule has 0 aliphatic rings. The monoisotopic (exact) mass is 584 g/mol. The first-order chi connectivity index (χ1) is 18.1. The highest BCUT2D eigenvalue weighted by Crippen LogP contribution is 2.33. The number of nitrogens with one attached hydrogen (secondary N) is 1. The van der Waals surface area contributed by atoms with Gasteiger partial charge < -0.3 is 24.4 Å². The van der Waals surface area contributed by atoms with Gasteiger partial charge in [0.25, 0.3) is 0 Å². The van der Waals surface area contributed by atoms with Gasteiger partial charge in [0, 0.05) is 53.2 Å². The molecular formula is C31H41BrN2O4. The fraction of sp³-hybridized carbons (Fsp3) is 0.387.